The molecule has 2 N–H and O–H groups in total. The van der Waals surface area contributed by atoms with Gasteiger partial charge in [-0.2, -0.15) is 0 Å². The first-order valence-corrected chi connectivity index (χ1v) is 10.1. The first-order valence-electron chi connectivity index (χ1n) is 9.72. The highest BCUT2D eigenvalue weighted by atomic mass is 35.5. The van der Waals surface area contributed by atoms with Gasteiger partial charge in [-0.05, 0) is 49.6 Å². The summed E-state index contributed by atoms with van der Waals surface area (Å²) in [7, 11) is 0. The van der Waals surface area contributed by atoms with E-state index in [-0.39, 0.29) is 5.91 Å². The predicted molar refractivity (Wildman–Crippen MR) is 111 cm³/mol. The van der Waals surface area contributed by atoms with Gasteiger partial charge in [0.2, 0.25) is 0 Å². The first kappa shape index (κ1) is 20.6. The highest BCUT2D eigenvalue weighted by Crippen LogP contribution is 2.33. The number of nitrogens with one attached hydrogen (secondary N) is 1. The van der Waals surface area contributed by atoms with E-state index < -0.39 is 5.60 Å². The quantitative estimate of drug-likeness (QED) is 0.744. The molecule has 1 fully saturated rings. The molecule has 0 radical (unpaired) electrons. The van der Waals surface area contributed by atoms with Gasteiger partial charge in [0.1, 0.15) is 5.75 Å². The van der Waals surface area contributed by atoms with Crippen molar-refractivity contribution in [3.8, 4) is 5.75 Å². The fraction of sp³-hybridized carbons (Fsp3) is 0.409. The van der Waals surface area contributed by atoms with Gasteiger partial charge < -0.3 is 20.1 Å². The van der Waals surface area contributed by atoms with E-state index in [4.69, 9.17) is 16.3 Å². The molecule has 0 saturated carbocycles. The maximum Gasteiger partial charge on any atom is 0.255 e. The number of hydrogen-bond acceptors (Lipinski definition) is 4. The lowest BCUT2D eigenvalue weighted by atomic mass is 9.84. The Labute approximate surface area is 171 Å². The van der Waals surface area contributed by atoms with Crippen LogP contribution in [0.3, 0.4) is 0 Å². The van der Waals surface area contributed by atoms with E-state index in [1.54, 1.807) is 12.1 Å². The maximum atomic E-state index is 12.4. The summed E-state index contributed by atoms with van der Waals surface area (Å²) in [6.45, 7) is 5.29. The molecule has 1 aliphatic rings. The van der Waals surface area contributed by atoms with E-state index >= 15 is 0 Å². The molecule has 0 aliphatic carbocycles. The lowest BCUT2D eigenvalue weighted by Crippen LogP contribution is -2.45. The van der Waals surface area contributed by atoms with Crippen molar-refractivity contribution < 1.29 is 14.6 Å². The second-order valence-electron chi connectivity index (χ2n) is 7.07. The zero-order chi connectivity index (χ0) is 20.0. The van der Waals surface area contributed by atoms with Gasteiger partial charge >= 0.3 is 0 Å². The minimum atomic E-state index is -0.805. The summed E-state index contributed by atoms with van der Waals surface area (Å²) in [4.78, 5) is 14.7. The van der Waals surface area contributed by atoms with E-state index in [1.165, 1.54) is 0 Å². The van der Waals surface area contributed by atoms with Crippen molar-refractivity contribution in [1.82, 2.24) is 10.2 Å². The molecule has 2 aromatic rings. The number of ether oxygens (including phenoxy) is 1. The molecule has 0 unspecified atom stereocenters. The number of carbonyl (C=O) groups is 1. The van der Waals surface area contributed by atoms with Crippen LogP contribution < -0.4 is 10.1 Å². The molecular weight excluding hydrogens is 376 g/mol. The molecule has 3 rings (SSSR count). The highest BCUT2D eigenvalue weighted by Gasteiger charge is 2.33. The number of benzene rings is 2. The molecule has 1 saturated heterocycles. The Morgan fingerprint density at radius 2 is 1.86 bits per heavy atom. The van der Waals surface area contributed by atoms with E-state index in [0.29, 0.717) is 42.3 Å². The fourth-order valence-electron chi connectivity index (χ4n) is 3.55. The number of para-hydroxylation sites is 1. The van der Waals surface area contributed by atoms with E-state index in [9.17, 15) is 9.90 Å². The van der Waals surface area contributed by atoms with Crippen molar-refractivity contribution in [3.63, 3.8) is 0 Å². The largest absolute Gasteiger partial charge is 0.493 e. The van der Waals surface area contributed by atoms with Crippen LogP contribution in [-0.4, -0.2) is 48.7 Å². The van der Waals surface area contributed by atoms with Crippen molar-refractivity contribution in [1.29, 1.82) is 0 Å². The third kappa shape index (κ3) is 5.04. The Kier molecular flexibility index (Phi) is 6.94. The van der Waals surface area contributed by atoms with Crippen LogP contribution in [0.1, 0.15) is 35.7 Å². The van der Waals surface area contributed by atoms with Crippen LogP contribution in [0, 0.1) is 0 Å². The second-order valence-corrected chi connectivity index (χ2v) is 7.50. The van der Waals surface area contributed by atoms with Crippen molar-refractivity contribution >= 4 is 17.5 Å². The number of halogens is 1. The molecule has 28 heavy (non-hydrogen) atoms. The minimum absolute atomic E-state index is 0.126. The zero-order valence-electron chi connectivity index (χ0n) is 16.2. The Bertz CT molecular complexity index is 787. The topological polar surface area (TPSA) is 61.8 Å². The third-order valence-electron chi connectivity index (χ3n) is 5.21. The summed E-state index contributed by atoms with van der Waals surface area (Å²) in [5, 5.41) is 14.6. The lowest BCUT2D eigenvalue weighted by Gasteiger charge is -2.38. The smallest absolute Gasteiger partial charge is 0.255 e. The van der Waals surface area contributed by atoms with E-state index in [2.05, 4.69) is 10.2 Å². The fourth-order valence-corrected chi connectivity index (χ4v) is 3.68. The van der Waals surface area contributed by atoms with Crippen LogP contribution >= 0.6 is 11.6 Å². The van der Waals surface area contributed by atoms with Gasteiger partial charge in [-0.3, -0.25) is 4.79 Å². The molecule has 150 valence electrons. The Morgan fingerprint density at radius 1 is 1.18 bits per heavy atom. The summed E-state index contributed by atoms with van der Waals surface area (Å²) in [5.41, 5.74) is 0.665. The predicted octanol–water partition coefficient (Wildman–Crippen LogP) is 3.45. The minimum Gasteiger partial charge on any atom is -0.493 e. The van der Waals surface area contributed by atoms with Gasteiger partial charge in [-0.25, -0.2) is 0 Å². The summed E-state index contributed by atoms with van der Waals surface area (Å²) in [6, 6.07) is 14.7. The summed E-state index contributed by atoms with van der Waals surface area (Å²) >= 11 is 5.94. The molecule has 1 amide bonds. The summed E-state index contributed by atoms with van der Waals surface area (Å²) < 4.78 is 5.52. The highest BCUT2D eigenvalue weighted by molar-refractivity contribution is 6.30. The van der Waals surface area contributed by atoms with Gasteiger partial charge in [0, 0.05) is 31.2 Å². The Balaban J connectivity index is 1.47. The molecule has 2 aromatic carbocycles. The SMILES string of the molecule is CCOc1ccccc1C(=O)NCCN1CCC(O)(c2ccc(Cl)cc2)CC1. The first-order chi connectivity index (χ1) is 13.5. The van der Waals surface area contributed by atoms with Crippen LogP contribution in [0.2, 0.25) is 5.02 Å². The molecule has 0 atom stereocenters. The molecule has 1 aliphatic heterocycles. The van der Waals surface area contributed by atoms with Crippen LogP contribution in [0.25, 0.3) is 0 Å². The van der Waals surface area contributed by atoms with Gasteiger partial charge in [-0.15, -0.1) is 0 Å². The Hall–Kier alpha value is -2.08. The van der Waals surface area contributed by atoms with Gasteiger partial charge in [0.25, 0.3) is 5.91 Å². The number of amides is 1. The molecule has 1 heterocycles. The van der Waals surface area contributed by atoms with E-state index in [0.717, 1.165) is 25.2 Å². The molecule has 0 bridgehead atoms. The third-order valence-corrected chi connectivity index (χ3v) is 5.46. The van der Waals surface area contributed by atoms with Crippen LogP contribution in [0.4, 0.5) is 0 Å². The van der Waals surface area contributed by atoms with Crippen molar-refractivity contribution in [2.75, 3.05) is 32.8 Å². The van der Waals surface area contributed by atoms with Crippen LogP contribution in [0.15, 0.2) is 48.5 Å². The van der Waals surface area contributed by atoms with Gasteiger partial charge in [-0.1, -0.05) is 35.9 Å². The van der Waals surface area contributed by atoms with Crippen molar-refractivity contribution in [2.24, 2.45) is 0 Å². The monoisotopic (exact) mass is 402 g/mol. The van der Waals surface area contributed by atoms with Crippen LogP contribution in [0.5, 0.6) is 5.75 Å². The zero-order valence-corrected chi connectivity index (χ0v) is 16.9. The van der Waals surface area contributed by atoms with Crippen molar-refractivity contribution in [3.05, 3.63) is 64.7 Å². The number of nitrogens with zero attached hydrogens (tertiary/aromatic N) is 1. The van der Waals surface area contributed by atoms with Gasteiger partial charge in [0.05, 0.1) is 17.8 Å². The Morgan fingerprint density at radius 3 is 2.54 bits per heavy atom. The number of aliphatic hydroxyl groups is 1. The number of piperidine rings is 1. The van der Waals surface area contributed by atoms with Gasteiger partial charge in [0.15, 0.2) is 0 Å². The standard InChI is InChI=1S/C22H27ClN2O3/c1-2-28-20-6-4-3-5-19(20)21(26)24-13-16-25-14-11-22(27,12-15-25)17-7-9-18(23)10-8-17/h3-10,27H,2,11-16H2,1H3,(H,24,26). The number of carbonyl (C=O) groups excluding carboxylic acids is 1. The van der Waals surface area contributed by atoms with Crippen molar-refractivity contribution in [2.45, 2.75) is 25.4 Å². The lowest BCUT2D eigenvalue weighted by molar-refractivity contribution is -0.0255. The molecular formula is C22H27ClN2O3. The summed E-state index contributed by atoms with van der Waals surface area (Å²) in [6.07, 6.45) is 1.32. The molecule has 0 spiro atoms. The summed E-state index contributed by atoms with van der Waals surface area (Å²) in [5.74, 6) is 0.479. The second kappa shape index (κ2) is 9.41. The average molecular weight is 403 g/mol. The molecule has 5 nitrogen and oxygen atoms in total. The number of likely N-dealkylation sites (tertiary alicyclic amines) is 1. The van der Waals surface area contributed by atoms with E-state index in [1.807, 2.05) is 43.3 Å². The average Bonchev–Trinajstić information content (AvgIpc) is 2.70. The van der Waals surface area contributed by atoms with Crippen LogP contribution in [-0.2, 0) is 5.60 Å². The number of hydrogen-bond donors (Lipinski definition) is 2. The maximum absolute atomic E-state index is 12.4. The normalized spacial score (nSPS) is 16.5. The molecule has 6 heteroatoms. The molecule has 0 aromatic heterocycles. The number of rotatable bonds is 7.